The normalized spacial score (nSPS) is 30.5. The van der Waals surface area contributed by atoms with Gasteiger partial charge in [0.15, 0.2) is 12.1 Å². The summed E-state index contributed by atoms with van der Waals surface area (Å²) in [6, 6.07) is 0. The molecule has 5 heteroatoms. The van der Waals surface area contributed by atoms with Crippen LogP contribution in [-0.2, 0) is 14.3 Å². The second kappa shape index (κ2) is 8.67. The van der Waals surface area contributed by atoms with Crippen LogP contribution in [0.25, 0.3) is 0 Å². The fraction of sp³-hybridized carbons (Fsp3) is 0.650. The van der Waals surface area contributed by atoms with Crippen LogP contribution in [0.2, 0.25) is 0 Å². The molecule has 0 aromatic heterocycles. The van der Waals surface area contributed by atoms with E-state index < -0.39 is 0 Å². The molecular weight excluding hydrogens is 334 g/mol. The number of carbonyl (C=O) groups excluding carboxylic acids is 1. The zero-order valence-electron chi connectivity index (χ0n) is 15.3. The number of ether oxygens (including phenoxy) is 2. The van der Waals surface area contributed by atoms with Crippen molar-refractivity contribution in [2.45, 2.75) is 39.1 Å². The van der Waals surface area contributed by atoms with Crippen LogP contribution in [0.1, 0.15) is 26.7 Å². The third-order valence-electron chi connectivity index (χ3n) is 5.09. The van der Waals surface area contributed by atoms with E-state index in [1.54, 1.807) is 0 Å². The smallest absolute Gasteiger partial charge is 0.177 e. The number of nitrogens with zero attached hydrogens (tertiary/aromatic N) is 1. The molecule has 2 heterocycles. The highest BCUT2D eigenvalue weighted by Gasteiger charge is 2.37. The Hall–Kier alpha value is -0.880. The first-order valence-electron chi connectivity index (χ1n) is 9.16. The van der Waals surface area contributed by atoms with E-state index in [2.05, 4.69) is 17.6 Å². The van der Waals surface area contributed by atoms with Crippen molar-refractivity contribution in [2.24, 2.45) is 5.92 Å². The average Bonchev–Trinajstić information content (AvgIpc) is 2.57. The van der Waals surface area contributed by atoms with Crippen LogP contribution >= 0.6 is 11.8 Å². The van der Waals surface area contributed by atoms with Gasteiger partial charge in [-0.15, -0.1) is 6.58 Å². The molecule has 2 aliphatic heterocycles. The molecule has 3 aliphatic rings. The SMILES string of the molecule is C=C(C)CCO[C@@H]1C=C(CN2CCSCC2)[C@H]2CC(=O)C(C)=C[C@H]2O1. The Morgan fingerprint density at radius 2 is 2.16 bits per heavy atom. The number of rotatable bonds is 6. The minimum atomic E-state index is -0.327. The summed E-state index contributed by atoms with van der Waals surface area (Å²) in [6.45, 7) is 11.6. The highest BCUT2D eigenvalue weighted by molar-refractivity contribution is 7.99. The van der Waals surface area contributed by atoms with Gasteiger partial charge in [0.05, 0.1) is 12.7 Å². The maximum absolute atomic E-state index is 12.2. The zero-order chi connectivity index (χ0) is 17.8. The molecule has 0 unspecified atom stereocenters. The number of ketones is 1. The number of fused-ring (bicyclic) bond motifs is 1. The number of allylic oxidation sites excluding steroid dienone is 1. The molecular formula is C20H29NO3S. The topological polar surface area (TPSA) is 38.8 Å². The fourth-order valence-corrected chi connectivity index (χ4v) is 4.50. The Bertz CT molecular complexity index is 577. The van der Waals surface area contributed by atoms with Gasteiger partial charge in [-0.2, -0.15) is 11.8 Å². The predicted molar refractivity (Wildman–Crippen MR) is 103 cm³/mol. The number of hydrogen-bond acceptors (Lipinski definition) is 5. The molecule has 3 rings (SSSR count). The summed E-state index contributed by atoms with van der Waals surface area (Å²) in [5, 5.41) is 0. The van der Waals surface area contributed by atoms with Gasteiger partial charge in [0.25, 0.3) is 0 Å². The molecule has 25 heavy (non-hydrogen) atoms. The van der Waals surface area contributed by atoms with Gasteiger partial charge in [0.2, 0.25) is 0 Å². The summed E-state index contributed by atoms with van der Waals surface area (Å²) in [5.74, 6) is 2.78. The van der Waals surface area contributed by atoms with Gasteiger partial charge in [-0.3, -0.25) is 9.69 Å². The molecule has 0 amide bonds. The van der Waals surface area contributed by atoms with Gasteiger partial charge < -0.3 is 9.47 Å². The molecule has 4 nitrogen and oxygen atoms in total. The van der Waals surface area contributed by atoms with Gasteiger partial charge in [-0.05, 0) is 43.6 Å². The second-order valence-corrected chi connectivity index (χ2v) is 8.49. The zero-order valence-corrected chi connectivity index (χ0v) is 16.1. The lowest BCUT2D eigenvalue weighted by Gasteiger charge is -2.39. The maximum Gasteiger partial charge on any atom is 0.177 e. The van der Waals surface area contributed by atoms with Gasteiger partial charge in [-0.1, -0.05) is 5.57 Å². The molecule has 0 bridgehead atoms. The van der Waals surface area contributed by atoms with E-state index in [9.17, 15) is 4.79 Å². The number of hydrogen-bond donors (Lipinski definition) is 0. The summed E-state index contributed by atoms with van der Waals surface area (Å²) in [4.78, 5) is 14.7. The Morgan fingerprint density at radius 1 is 1.40 bits per heavy atom. The Labute approximate surface area is 155 Å². The highest BCUT2D eigenvalue weighted by Crippen LogP contribution is 2.35. The van der Waals surface area contributed by atoms with Crippen LogP contribution in [0.4, 0.5) is 0 Å². The first-order valence-corrected chi connectivity index (χ1v) is 10.3. The molecule has 0 spiro atoms. The van der Waals surface area contributed by atoms with E-state index >= 15 is 0 Å². The van der Waals surface area contributed by atoms with Crippen molar-refractivity contribution in [2.75, 3.05) is 37.7 Å². The van der Waals surface area contributed by atoms with E-state index in [4.69, 9.17) is 9.47 Å². The summed E-state index contributed by atoms with van der Waals surface area (Å²) in [5.41, 5.74) is 3.24. The monoisotopic (exact) mass is 363 g/mol. The lowest BCUT2D eigenvalue weighted by molar-refractivity contribution is -0.153. The van der Waals surface area contributed by atoms with Crippen LogP contribution in [0.15, 0.2) is 35.5 Å². The van der Waals surface area contributed by atoms with E-state index in [-0.39, 0.29) is 24.1 Å². The van der Waals surface area contributed by atoms with Crippen LogP contribution < -0.4 is 0 Å². The maximum atomic E-state index is 12.2. The minimum absolute atomic E-state index is 0.0494. The van der Waals surface area contributed by atoms with Crippen molar-refractivity contribution < 1.29 is 14.3 Å². The Morgan fingerprint density at radius 3 is 2.88 bits per heavy atom. The fourth-order valence-electron chi connectivity index (χ4n) is 3.53. The van der Waals surface area contributed by atoms with E-state index in [1.807, 2.05) is 31.7 Å². The first kappa shape index (κ1) is 18.9. The molecule has 0 saturated carbocycles. The molecule has 0 aromatic rings. The van der Waals surface area contributed by atoms with Gasteiger partial charge >= 0.3 is 0 Å². The van der Waals surface area contributed by atoms with Crippen LogP contribution in [-0.4, -0.2) is 60.8 Å². The minimum Gasteiger partial charge on any atom is -0.349 e. The molecule has 1 aliphatic carbocycles. The van der Waals surface area contributed by atoms with E-state index in [0.717, 1.165) is 37.2 Å². The van der Waals surface area contributed by atoms with Gasteiger partial charge in [-0.25, -0.2) is 0 Å². The summed E-state index contributed by atoms with van der Waals surface area (Å²) < 4.78 is 12.1. The number of carbonyl (C=O) groups is 1. The standard InChI is InChI=1S/C20H29NO3S/c1-14(2)4-7-23-20-11-16(13-21-5-8-25-9-6-21)17-12-18(22)15(3)10-19(17)24-20/h10-11,17,19-20H,1,4-9,12-13H2,2-3H3/t17-,19-,20+/m1/s1. The van der Waals surface area contributed by atoms with Crippen molar-refractivity contribution in [1.82, 2.24) is 4.90 Å². The van der Waals surface area contributed by atoms with Crippen LogP contribution in [0.5, 0.6) is 0 Å². The van der Waals surface area contributed by atoms with E-state index in [0.29, 0.717) is 13.0 Å². The third-order valence-corrected chi connectivity index (χ3v) is 6.04. The predicted octanol–water partition coefficient (Wildman–Crippen LogP) is 3.20. The van der Waals surface area contributed by atoms with Crippen molar-refractivity contribution in [3.63, 3.8) is 0 Å². The first-order chi connectivity index (χ1) is 12.0. The molecule has 0 radical (unpaired) electrons. The molecule has 1 saturated heterocycles. The number of Topliss-reactive ketones (excluding diaryl/α,β-unsaturated/α-hetero) is 1. The third kappa shape index (κ3) is 5.07. The molecule has 3 atom stereocenters. The van der Waals surface area contributed by atoms with Crippen LogP contribution in [0, 0.1) is 5.92 Å². The summed E-state index contributed by atoms with van der Waals surface area (Å²) in [6.07, 6.45) is 5.13. The van der Waals surface area contributed by atoms with E-state index in [1.165, 1.54) is 17.1 Å². The number of thioether (sulfide) groups is 1. The highest BCUT2D eigenvalue weighted by atomic mass is 32.2. The molecule has 138 valence electrons. The van der Waals surface area contributed by atoms with Crippen molar-refractivity contribution in [3.8, 4) is 0 Å². The lowest BCUT2D eigenvalue weighted by atomic mass is 9.80. The molecule has 0 N–H and O–H groups in total. The molecule has 1 fully saturated rings. The van der Waals surface area contributed by atoms with Crippen molar-refractivity contribution in [1.29, 1.82) is 0 Å². The average molecular weight is 364 g/mol. The Kier molecular flexibility index (Phi) is 6.55. The second-order valence-electron chi connectivity index (χ2n) is 7.26. The summed E-state index contributed by atoms with van der Waals surface area (Å²) >= 11 is 2.02. The van der Waals surface area contributed by atoms with Crippen molar-refractivity contribution in [3.05, 3.63) is 35.5 Å². The van der Waals surface area contributed by atoms with Gasteiger partial charge in [0, 0.05) is 43.5 Å². The lowest BCUT2D eigenvalue weighted by Crippen LogP contribution is -2.43. The quantitative estimate of drug-likeness (QED) is 0.678. The van der Waals surface area contributed by atoms with Crippen molar-refractivity contribution >= 4 is 17.5 Å². The molecule has 0 aromatic carbocycles. The Balaban J connectivity index is 1.72. The summed E-state index contributed by atoms with van der Waals surface area (Å²) in [7, 11) is 0. The van der Waals surface area contributed by atoms with Crippen LogP contribution in [0.3, 0.4) is 0 Å². The largest absolute Gasteiger partial charge is 0.349 e. The van der Waals surface area contributed by atoms with Gasteiger partial charge in [0.1, 0.15) is 0 Å².